The molecule has 9 heteroatoms. The first kappa shape index (κ1) is 20.1. The first-order valence-corrected chi connectivity index (χ1v) is 10.4. The van der Waals surface area contributed by atoms with Crippen molar-refractivity contribution in [2.75, 3.05) is 6.54 Å². The van der Waals surface area contributed by atoms with Crippen molar-refractivity contribution in [2.24, 2.45) is 0 Å². The summed E-state index contributed by atoms with van der Waals surface area (Å²) >= 11 is 12.0. The molecular formula is C18H17Cl2FN2O3S. The van der Waals surface area contributed by atoms with Crippen molar-refractivity contribution in [3.63, 3.8) is 0 Å². The minimum absolute atomic E-state index is 0.00565. The SMILES string of the molecule is O=C(CN(Cc1ccc(F)cc1)S(=O)(=O)c1cc(Cl)ccc1Cl)NC1CC1. The van der Waals surface area contributed by atoms with Crippen molar-refractivity contribution in [1.29, 1.82) is 0 Å². The van der Waals surface area contributed by atoms with Gasteiger partial charge in [0.2, 0.25) is 15.9 Å². The van der Waals surface area contributed by atoms with E-state index in [4.69, 9.17) is 23.2 Å². The molecular weight excluding hydrogens is 414 g/mol. The molecule has 2 aromatic rings. The van der Waals surface area contributed by atoms with Crippen LogP contribution in [-0.2, 0) is 21.4 Å². The summed E-state index contributed by atoms with van der Waals surface area (Å²) in [6, 6.07) is 9.61. The fourth-order valence-electron chi connectivity index (χ4n) is 2.49. The lowest BCUT2D eigenvalue weighted by atomic mass is 10.2. The molecule has 1 N–H and O–H groups in total. The fraction of sp³-hybridized carbons (Fsp3) is 0.278. The molecule has 0 aliphatic heterocycles. The quantitative estimate of drug-likeness (QED) is 0.729. The number of nitrogens with one attached hydrogen (secondary N) is 1. The number of rotatable bonds is 7. The van der Waals surface area contributed by atoms with Crippen molar-refractivity contribution in [3.8, 4) is 0 Å². The van der Waals surface area contributed by atoms with Gasteiger partial charge in [0.15, 0.2) is 0 Å². The van der Waals surface area contributed by atoms with Crippen LogP contribution in [0, 0.1) is 5.82 Å². The van der Waals surface area contributed by atoms with Gasteiger partial charge in [-0.3, -0.25) is 4.79 Å². The molecule has 1 fully saturated rings. The Bertz CT molecular complexity index is 948. The number of hydrogen-bond donors (Lipinski definition) is 1. The highest BCUT2D eigenvalue weighted by Gasteiger charge is 2.31. The lowest BCUT2D eigenvalue weighted by Gasteiger charge is -2.22. The van der Waals surface area contributed by atoms with E-state index in [2.05, 4.69) is 5.32 Å². The second-order valence-corrected chi connectivity index (χ2v) is 9.07. The van der Waals surface area contributed by atoms with E-state index in [0.717, 1.165) is 17.1 Å². The van der Waals surface area contributed by atoms with Crippen molar-refractivity contribution in [3.05, 3.63) is 63.9 Å². The molecule has 2 aromatic carbocycles. The number of carbonyl (C=O) groups excluding carboxylic acids is 1. The summed E-state index contributed by atoms with van der Waals surface area (Å²) < 4.78 is 40.4. The summed E-state index contributed by atoms with van der Waals surface area (Å²) in [5, 5.41) is 2.98. The summed E-state index contributed by atoms with van der Waals surface area (Å²) in [4.78, 5) is 12.1. The third-order valence-corrected chi connectivity index (χ3v) is 6.55. The summed E-state index contributed by atoms with van der Waals surface area (Å²) in [5.74, 6) is -0.834. The Balaban J connectivity index is 1.92. The average Bonchev–Trinajstić information content (AvgIpc) is 3.42. The molecule has 5 nitrogen and oxygen atoms in total. The van der Waals surface area contributed by atoms with E-state index in [1.54, 1.807) is 0 Å². The molecule has 0 atom stereocenters. The second-order valence-electron chi connectivity index (χ2n) is 6.32. The zero-order valence-electron chi connectivity index (χ0n) is 14.2. The van der Waals surface area contributed by atoms with E-state index in [-0.39, 0.29) is 34.1 Å². The van der Waals surface area contributed by atoms with Gasteiger partial charge in [0.1, 0.15) is 10.7 Å². The number of nitrogens with zero attached hydrogens (tertiary/aromatic N) is 1. The zero-order chi connectivity index (χ0) is 19.6. The Morgan fingerprint density at radius 3 is 2.44 bits per heavy atom. The van der Waals surface area contributed by atoms with Crippen molar-refractivity contribution >= 4 is 39.1 Å². The molecule has 1 amide bonds. The van der Waals surface area contributed by atoms with Crippen LogP contribution < -0.4 is 5.32 Å². The lowest BCUT2D eigenvalue weighted by Crippen LogP contribution is -2.41. The van der Waals surface area contributed by atoms with Crippen LogP contribution >= 0.6 is 23.2 Å². The maximum atomic E-state index is 13.2. The van der Waals surface area contributed by atoms with Gasteiger partial charge in [-0.2, -0.15) is 4.31 Å². The summed E-state index contributed by atoms with van der Waals surface area (Å²) in [7, 11) is -4.11. The molecule has 1 saturated carbocycles. The van der Waals surface area contributed by atoms with Crippen LogP contribution in [0.2, 0.25) is 10.0 Å². The topological polar surface area (TPSA) is 66.5 Å². The van der Waals surface area contributed by atoms with E-state index in [0.29, 0.717) is 5.56 Å². The van der Waals surface area contributed by atoms with Crippen LogP contribution in [0.25, 0.3) is 0 Å². The Morgan fingerprint density at radius 2 is 1.81 bits per heavy atom. The predicted molar refractivity (Wildman–Crippen MR) is 102 cm³/mol. The summed E-state index contributed by atoms with van der Waals surface area (Å²) in [5.41, 5.74) is 0.539. The third kappa shape index (κ3) is 5.19. The molecule has 0 spiro atoms. The molecule has 0 aromatic heterocycles. The fourth-order valence-corrected chi connectivity index (χ4v) is 4.62. The predicted octanol–water partition coefficient (Wildman–Crippen LogP) is 3.60. The number of carbonyl (C=O) groups is 1. The Morgan fingerprint density at radius 1 is 1.15 bits per heavy atom. The van der Waals surface area contributed by atoms with Crippen molar-refractivity contribution in [1.82, 2.24) is 9.62 Å². The largest absolute Gasteiger partial charge is 0.352 e. The van der Waals surface area contributed by atoms with Gasteiger partial charge in [0, 0.05) is 17.6 Å². The van der Waals surface area contributed by atoms with Gasteiger partial charge in [-0.15, -0.1) is 0 Å². The van der Waals surface area contributed by atoms with Crippen LogP contribution in [0.4, 0.5) is 4.39 Å². The first-order valence-electron chi connectivity index (χ1n) is 8.25. The van der Waals surface area contributed by atoms with Gasteiger partial charge in [0.25, 0.3) is 0 Å². The normalized spacial score (nSPS) is 14.4. The lowest BCUT2D eigenvalue weighted by molar-refractivity contribution is -0.121. The maximum Gasteiger partial charge on any atom is 0.245 e. The highest BCUT2D eigenvalue weighted by atomic mass is 35.5. The van der Waals surface area contributed by atoms with Crippen LogP contribution in [0.1, 0.15) is 18.4 Å². The minimum Gasteiger partial charge on any atom is -0.352 e. The zero-order valence-corrected chi connectivity index (χ0v) is 16.5. The van der Waals surface area contributed by atoms with Crippen LogP contribution in [0.5, 0.6) is 0 Å². The van der Waals surface area contributed by atoms with Crippen LogP contribution in [0.15, 0.2) is 47.4 Å². The van der Waals surface area contributed by atoms with Gasteiger partial charge in [-0.25, -0.2) is 12.8 Å². The molecule has 3 rings (SSSR count). The second kappa shape index (κ2) is 8.14. The Kier molecular flexibility index (Phi) is 6.05. The highest BCUT2D eigenvalue weighted by Crippen LogP contribution is 2.29. The molecule has 0 bridgehead atoms. The van der Waals surface area contributed by atoms with Gasteiger partial charge >= 0.3 is 0 Å². The van der Waals surface area contributed by atoms with E-state index >= 15 is 0 Å². The molecule has 1 aliphatic rings. The third-order valence-electron chi connectivity index (χ3n) is 4.05. The van der Waals surface area contributed by atoms with Gasteiger partial charge in [0.05, 0.1) is 11.6 Å². The molecule has 0 radical (unpaired) electrons. The first-order chi connectivity index (χ1) is 12.8. The van der Waals surface area contributed by atoms with E-state index in [9.17, 15) is 17.6 Å². The average molecular weight is 431 g/mol. The maximum absolute atomic E-state index is 13.2. The summed E-state index contributed by atoms with van der Waals surface area (Å²) in [6.45, 7) is -0.484. The molecule has 27 heavy (non-hydrogen) atoms. The van der Waals surface area contributed by atoms with Gasteiger partial charge in [-0.1, -0.05) is 35.3 Å². The molecule has 0 heterocycles. The van der Waals surface area contributed by atoms with Gasteiger partial charge < -0.3 is 5.32 Å². The van der Waals surface area contributed by atoms with Gasteiger partial charge in [-0.05, 0) is 48.7 Å². The molecule has 0 unspecified atom stereocenters. The Labute approximate surface area is 167 Å². The molecule has 1 aliphatic carbocycles. The van der Waals surface area contributed by atoms with E-state index < -0.39 is 21.7 Å². The highest BCUT2D eigenvalue weighted by molar-refractivity contribution is 7.89. The van der Waals surface area contributed by atoms with Crippen LogP contribution in [-0.4, -0.2) is 31.2 Å². The van der Waals surface area contributed by atoms with E-state index in [1.165, 1.54) is 42.5 Å². The smallest absolute Gasteiger partial charge is 0.245 e. The number of sulfonamides is 1. The van der Waals surface area contributed by atoms with Crippen LogP contribution in [0.3, 0.4) is 0 Å². The number of hydrogen-bond acceptors (Lipinski definition) is 3. The monoisotopic (exact) mass is 430 g/mol. The summed E-state index contributed by atoms with van der Waals surface area (Å²) in [6.07, 6.45) is 1.77. The molecule has 0 saturated heterocycles. The van der Waals surface area contributed by atoms with Crippen molar-refractivity contribution in [2.45, 2.75) is 30.3 Å². The van der Waals surface area contributed by atoms with E-state index in [1.807, 2.05) is 0 Å². The minimum atomic E-state index is -4.11. The van der Waals surface area contributed by atoms with Crippen molar-refractivity contribution < 1.29 is 17.6 Å². The number of amides is 1. The number of halogens is 3. The molecule has 144 valence electrons. The standard InChI is InChI=1S/C18H17Cl2FN2O3S/c19-13-3-8-16(20)17(9-13)27(25,26)23(11-18(24)22-15-6-7-15)10-12-1-4-14(21)5-2-12/h1-5,8-9,15H,6-7,10-11H2,(H,22,24). The number of benzene rings is 2. The Hall–Kier alpha value is -1.67.